The number of primary amides is 1. The van der Waals surface area contributed by atoms with Gasteiger partial charge in [0.1, 0.15) is 12.6 Å². The number of halogens is 5. The van der Waals surface area contributed by atoms with Crippen LogP contribution in [0.2, 0.25) is 0 Å². The lowest BCUT2D eigenvalue weighted by atomic mass is 9.98. The fraction of sp³-hybridized carbons (Fsp3) is 0.160. The number of nitrogens with one attached hydrogen (secondary N) is 1. The number of hydrogen-bond donors (Lipinski definition) is 2. The smallest absolute Gasteiger partial charge is 0.407 e. The van der Waals surface area contributed by atoms with E-state index in [2.05, 4.69) is 4.74 Å². The van der Waals surface area contributed by atoms with E-state index in [1.165, 1.54) is 0 Å². The van der Waals surface area contributed by atoms with Gasteiger partial charge in [0.25, 0.3) is 0 Å². The Hall–Kier alpha value is -4.48. The Morgan fingerprint density at radius 3 is 1.81 bits per heavy atom. The molecular weight excluding hydrogens is 503 g/mol. The van der Waals surface area contributed by atoms with E-state index in [-0.39, 0.29) is 12.5 Å². The van der Waals surface area contributed by atoms with Crippen molar-refractivity contribution in [3.05, 3.63) is 88.7 Å². The number of rotatable bonds is 7. The number of nitrogens with two attached hydrogens (primary N) is 1. The summed E-state index contributed by atoms with van der Waals surface area (Å²) in [5.41, 5.74) is 8.72. The number of amides is 2. The van der Waals surface area contributed by atoms with Gasteiger partial charge in [-0.05, 0) is 22.3 Å². The molecule has 0 bridgehead atoms. The molecule has 3 aromatic carbocycles. The Morgan fingerprint density at radius 1 is 0.811 bits per heavy atom. The standard InChI is InChI=1S/C25H17F5N2O5/c26-18-19(27)21(29)23(22(30)20(18)28)37-24(34)16(9-17(31)33)32-25(35)36-10-15-13-7-3-1-5-11(13)12-6-2-4-8-14(12)15/h1-8,15-16H,9-10H2,(H2,31,33)(H,32,35)/t16-/m0/s1. The molecule has 2 amide bonds. The molecule has 3 aromatic rings. The third-order valence-electron chi connectivity index (χ3n) is 5.70. The zero-order chi connectivity index (χ0) is 26.9. The van der Waals surface area contributed by atoms with Gasteiger partial charge in [-0.2, -0.15) is 8.78 Å². The van der Waals surface area contributed by atoms with Gasteiger partial charge >= 0.3 is 12.1 Å². The van der Waals surface area contributed by atoms with Crippen LogP contribution in [0, 0.1) is 29.1 Å². The molecule has 1 aliphatic carbocycles. The normalized spacial score (nSPS) is 12.9. The van der Waals surface area contributed by atoms with E-state index >= 15 is 0 Å². The summed E-state index contributed by atoms with van der Waals surface area (Å²) in [4.78, 5) is 36.2. The second kappa shape index (κ2) is 10.2. The first-order valence-corrected chi connectivity index (χ1v) is 10.7. The Morgan fingerprint density at radius 2 is 1.30 bits per heavy atom. The molecule has 0 saturated carbocycles. The minimum atomic E-state index is -2.46. The molecule has 1 atom stereocenters. The van der Waals surface area contributed by atoms with Crippen molar-refractivity contribution in [2.24, 2.45) is 5.73 Å². The maximum absolute atomic E-state index is 13.9. The average Bonchev–Trinajstić information content (AvgIpc) is 3.20. The molecule has 1 aliphatic rings. The van der Waals surface area contributed by atoms with E-state index in [1.807, 2.05) is 53.8 Å². The number of esters is 1. The van der Waals surface area contributed by atoms with E-state index in [4.69, 9.17) is 10.5 Å². The topological polar surface area (TPSA) is 108 Å². The van der Waals surface area contributed by atoms with Gasteiger partial charge in [-0.25, -0.2) is 22.8 Å². The minimum Gasteiger partial charge on any atom is -0.449 e. The second-order valence-electron chi connectivity index (χ2n) is 8.01. The third-order valence-corrected chi connectivity index (χ3v) is 5.70. The van der Waals surface area contributed by atoms with Gasteiger partial charge < -0.3 is 20.5 Å². The molecule has 4 rings (SSSR count). The lowest BCUT2D eigenvalue weighted by Gasteiger charge is -2.18. The lowest BCUT2D eigenvalue weighted by molar-refractivity contribution is -0.139. The van der Waals surface area contributed by atoms with Crippen molar-refractivity contribution in [2.75, 3.05) is 6.61 Å². The molecule has 7 nitrogen and oxygen atoms in total. The van der Waals surface area contributed by atoms with Crippen molar-refractivity contribution < 1.29 is 45.8 Å². The SMILES string of the molecule is NC(=O)C[C@H](NC(=O)OCC1c2ccccc2-c2ccccc21)C(=O)Oc1c(F)c(F)c(F)c(F)c1F. The fourth-order valence-electron chi connectivity index (χ4n) is 4.02. The van der Waals surface area contributed by atoms with Crippen LogP contribution in [0.25, 0.3) is 11.1 Å². The zero-order valence-corrected chi connectivity index (χ0v) is 18.7. The van der Waals surface area contributed by atoms with E-state index < -0.39 is 65.3 Å². The van der Waals surface area contributed by atoms with Crippen LogP contribution in [0.15, 0.2) is 48.5 Å². The van der Waals surface area contributed by atoms with Crippen LogP contribution in [0.5, 0.6) is 5.75 Å². The molecule has 12 heteroatoms. The van der Waals surface area contributed by atoms with E-state index in [1.54, 1.807) is 0 Å². The molecule has 3 N–H and O–H groups in total. The first kappa shape index (κ1) is 25.6. The molecule has 37 heavy (non-hydrogen) atoms. The number of benzene rings is 3. The van der Waals surface area contributed by atoms with Crippen LogP contribution in [-0.2, 0) is 14.3 Å². The number of alkyl carbamates (subject to hydrolysis) is 1. The van der Waals surface area contributed by atoms with Crippen LogP contribution in [0.1, 0.15) is 23.5 Å². The molecule has 0 aliphatic heterocycles. The number of fused-ring (bicyclic) bond motifs is 3. The average molecular weight is 520 g/mol. The molecule has 0 spiro atoms. The third kappa shape index (κ3) is 4.95. The monoisotopic (exact) mass is 520 g/mol. The Balaban J connectivity index is 1.48. The van der Waals surface area contributed by atoms with Crippen molar-refractivity contribution >= 4 is 18.0 Å². The molecule has 0 heterocycles. The van der Waals surface area contributed by atoms with Crippen molar-refractivity contribution in [3.8, 4) is 16.9 Å². The summed E-state index contributed by atoms with van der Waals surface area (Å²) in [5, 5.41) is 1.98. The van der Waals surface area contributed by atoms with Gasteiger partial charge in [0.05, 0.1) is 6.42 Å². The molecule has 0 fully saturated rings. The molecule has 192 valence electrons. The minimum absolute atomic E-state index is 0.185. The molecular formula is C25H17F5N2O5. The van der Waals surface area contributed by atoms with Crippen molar-refractivity contribution in [1.29, 1.82) is 0 Å². The Labute approximate surface area is 206 Å². The van der Waals surface area contributed by atoms with E-state index in [9.17, 15) is 36.3 Å². The lowest BCUT2D eigenvalue weighted by Crippen LogP contribution is -2.46. The number of carbonyl (C=O) groups is 3. The summed E-state index contributed by atoms with van der Waals surface area (Å²) < 4.78 is 77.4. The van der Waals surface area contributed by atoms with Crippen molar-refractivity contribution in [1.82, 2.24) is 5.32 Å². The molecule has 0 saturated heterocycles. The molecule has 0 unspecified atom stereocenters. The first-order chi connectivity index (χ1) is 17.6. The number of ether oxygens (including phenoxy) is 2. The highest BCUT2D eigenvalue weighted by atomic mass is 19.2. The van der Waals surface area contributed by atoms with Crippen LogP contribution < -0.4 is 15.8 Å². The highest BCUT2D eigenvalue weighted by Crippen LogP contribution is 2.44. The fourth-order valence-corrected chi connectivity index (χ4v) is 4.02. The van der Waals surface area contributed by atoms with Crippen LogP contribution in [0.4, 0.5) is 26.7 Å². The number of carbonyl (C=O) groups excluding carboxylic acids is 3. The largest absolute Gasteiger partial charge is 0.449 e. The van der Waals surface area contributed by atoms with E-state index in [0.717, 1.165) is 22.3 Å². The van der Waals surface area contributed by atoms with Crippen LogP contribution in [-0.4, -0.2) is 30.6 Å². The Bertz CT molecular complexity index is 1340. The summed E-state index contributed by atoms with van der Waals surface area (Å²) >= 11 is 0. The number of hydrogen-bond acceptors (Lipinski definition) is 5. The van der Waals surface area contributed by atoms with Gasteiger partial charge in [0.2, 0.25) is 40.7 Å². The summed E-state index contributed by atoms with van der Waals surface area (Å²) in [7, 11) is 0. The summed E-state index contributed by atoms with van der Waals surface area (Å²) in [6, 6.07) is 12.9. The van der Waals surface area contributed by atoms with Gasteiger partial charge in [0, 0.05) is 5.92 Å². The quantitative estimate of drug-likeness (QED) is 0.161. The maximum Gasteiger partial charge on any atom is 0.407 e. The van der Waals surface area contributed by atoms with Gasteiger partial charge in [-0.15, -0.1) is 0 Å². The predicted octanol–water partition coefficient (Wildman–Crippen LogP) is 4.07. The van der Waals surface area contributed by atoms with Crippen molar-refractivity contribution in [3.63, 3.8) is 0 Å². The van der Waals surface area contributed by atoms with E-state index in [0.29, 0.717) is 0 Å². The summed E-state index contributed by atoms with van der Waals surface area (Å²) in [5.74, 6) is -17.1. The summed E-state index contributed by atoms with van der Waals surface area (Å²) in [6.07, 6.45) is -2.14. The highest BCUT2D eigenvalue weighted by Gasteiger charge is 2.33. The molecule has 0 radical (unpaired) electrons. The summed E-state index contributed by atoms with van der Waals surface area (Å²) in [6.45, 7) is -0.185. The van der Waals surface area contributed by atoms with Crippen LogP contribution >= 0.6 is 0 Å². The highest BCUT2D eigenvalue weighted by molar-refractivity contribution is 5.88. The van der Waals surface area contributed by atoms with Crippen molar-refractivity contribution in [2.45, 2.75) is 18.4 Å². The Kier molecular flexibility index (Phi) is 7.09. The zero-order valence-electron chi connectivity index (χ0n) is 18.7. The van der Waals surface area contributed by atoms with Crippen LogP contribution in [0.3, 0.4) is 0 Å². The second-order valence-corrected chi connectivity index (χ2v) is 8.01. The predicted molar refractivity (Wildman–Crippen MR) is 118 cm³/mol. The maximum atomic E-state index is 13.9. The molecule has 0 aromatic heterocycles. The van der Waals surface area contributed by atoms with Gasteiger partial charge in [-0.1, -0.05) is 48.5 Å². The first-order valence-electron chi connectivity index (χ1n) is 10.7. The van der Waals surface area contributed by atoms with Gasteiger partial charge in [0.15, 0.2) is 0 Å². The van der Waals surface area contributed by atoms with Gasteiger partial charge in [-0.3, -0.25) is 4.79 Å².